The summed E-state index contributed by atoms with van der Waals surface area (Å²) in [7, 11) is 1.36. The van der Waals surface area contributed by atoms with Gasteiger partial charge in [0, 0.05) is 5.92 Å². The number of amides is 1. The van der Waals surface area contributed by atoms with Crippen LogP contribution in [0.2, 0.25) is 0 Å². The lowest BCUT2D eigenvalue weighted by atomic mass is 9.88. The van der Waals surface area contributed by atoms with Crippen molar-refractivity contribution in [3.8, 4) is 0 Å². The average molecular weight is 293 g/mol. The van der Waals surface area contributed by atoms with Gasteiger partial charge in [0.1, 0.15) is 4.88 Å². The van der Waals surface area contributed by atoms with Gasteiger partial charge in [-0.3, -0.25) is 4.79 Å². The minimum atomic E-state index is -0.383. The average Bonchev–Trinajstić information content (AvgIpc) is 3.14. The summed E-state index contributed by atoms with van der Waals surface area (Å²) in [6.45, 7) is 1.90. The Morgan fingerprint density at radius 1 is 1.35 bits per heavy atom. The molecular weight excluding hydrogens is 274 g/mol. The monoisotopic (exact) mass is 293 g/mol. The number of carbonyl (C=O) groups excluding carboxylic acids is 2. The van der Waals surface area contributed by atoms with Gasteiger partial charge < -0.3 is 10.1 Å². The van der Waals surface area contributed by atoms with Crippen LogP contribution in [0.4, 0.5) is 5.69 Å². The maximum atomic E-state index is 12.5. The number of nitrogens with one attached hydrogen (secondary N) is 1. The summed E-state index contributed by atoms with van der Waals surface area (Å²) in [5, 5.41) is 4.85. The summed E-state index contributed by atoms with van der Waals surface area (Å²) in [4.78, 5) is 24.7. The Kier molecular flexibility index (Phi) is 3.54. The zero-order valence-electron chi connectivity index (χ0n) is 11.8. The molecule has 2 bridgehead atoms. The highest BCUT2D eigenvalue weighted by Crippen LogP contribution is 2.48. The molecule has 0 aliphatic heterocycles. The van der Waals surface area contributed by atoms with Gasteiger partial charge in [0.05, 0.1) is 12.8 Å². The van der Waals surface area contributed by atoms with Crippen molar-refractivity contribution in [1.29, 1.82) is 0 Å². The molecule has 5 heteroatoms. The summed E-state index contributed by atoms with van der Waals surface area (Å²) < 4.78 is 4.77. The highest BCUT2D eigenvalue weighted by atomic mass is 32.1. The third-order valence-electron chi connectivity index (χ3n) is 4.67. The summed E-state index contributed by atoms with van der Waals surface area (Å²) in [5.74, 6) is 1.09. The van der Waals surface area contributed by atoms with E-state index in [1.807, 2.05) is 12.3 Å². The fraction of sp³-hybridized carbons (Fsp3) is 0.600. The number of ether oxygens (including phenoxy) is 1. The van der Waals surface area contributed by atoms with Crippen molar-refractivity contribution in [2.45, 2.75) is 32.6 Å². The molecule has 1 aromatic rings. The van der Waals surface area contributed by atoms with Crippen molar-refractivity contribution in [2.75, 3.05) is 12.4 Å². The van der Waals surface area contributed by atoms with Gasteiger partial charge in [-0.1, -0.05) is 6.42 Å². The third kappa shape index (κ3) is 2.24. The van der Waals surface area contributed by atoms with Gasteiger partial charge in [0.25, 0.3) is 0 Å². The quantitative estimate of drug-likeness (QED) is 0.871. The number of rotatable bonds is 3. The molecule has 4 nitrogen and oxygen atoms in total. The first-order valence-corrected chi connectivity index (χ1v) is 7.95. The number of carbonyl (C=O) groups is 2. The Labute approximate surface area is 122 Å². The van der Waals surface area contributed by atoms with Crippen LogP contribution in [0.1, 0.15) is 40.9 Å². The van der Waals surface area contributed by atoms with E-state index in [1.165, 1.54) is 37.7 Å². The molecule has 3 atom stereocenters. The van der Waals surface area contributed by atoms with Crippen LogP contribution in [0, 0.1) is 24.7 Å². The first-order chi connectivity index (χ1) is 9.60. The van der Waals surface area contributed by atoms with E-state index < -0.39 is 0 Å². The van der Waals surface area contributed by atoms with Gasteiger partial charge in [-0.25, -0.2) is 4.79 Å². The predicted octanol–water partition coefficient (Wildman–Crippen LogP) is 3.22. The molecule has 1 aromatic heterocycles. The van der Waals surface area contributed by atoms with Gasteiger partial charge in [-0.2, -0.15) is 0 Å². The number of fused-ring (bicyclic) bond motifs is 2. The van der Waals surface area contributed by atoms with Crippen LogP contribution in [0.15, 0.2) is 5.38 Å². The lowest BCUT2D eigenvalue weighted by Crippen LogP contribution is -2.27. The molecule has 0 aromatic carbocycles. The zero-order valence-corrected chi connectivity index (χ0v) is 12.6. The molecule has 2 saturated carbocycles. The third-order valence-corrected chi connectivity index (χ3v) is 5.75. The van der Waals surface area contributed by atoms with Gasteiger partial charge in [-0.05, 0) is 49.0 Å². The van der Waals surface area contributed by atoms with Crippen molar-refractivity contribution >= 4 is 28.9 Å². The molecule has 0 spiro atoms. The number of hydrogen-bond donors (Lipinski definition) is 1. The second-order valence-electron chi connectivity index (χ2n) is 5.89. The fourth-order valence-corrected chi connectivity index (χ4v) is 4.55. The Morgan fingerprint density at radius 3 is 2.75 bits per heavy atom. The minimum Gasteiger partial charge on any atom is -0.465 e. The van der Waals surface area contributed by atoms with E-state index >= 15 is 0 Å². The van der Waals surface area contributed by atoms with E-state index in [4.69, 9.17) is 4.74 Å². The summed E-state index contributed by atoms with van der Waals surface area (Å²) in [5.41, 5.74) is 1.56. The maximum absolute atomic E-state index is 12.5. The molecule has 3 rings (SSSR count). The number of aryl methyl sites for hydroxylation is 1. The topological polar surface area (TPSA) is 55.4 Å². The molecule has 1 amide bonds. The first-order valence-electron chi connectivity index (χ1n) is 7.07. The lowest BCUT2D eigenvalue weighted by Gasteiger charge is -2.21. The number of methoxy groups -OCH3 is 1. The Hall–Kier alpha value is -1.36. The van der Waals surface area contributed by atoms with E-state index in [-0.39, 0.29) is 17.8 Å². The second-order valence-corrected chi connectivity index (χ2v) is 6.76. The van der Waals surface area contributed by atoms with Crippen LogP contribution in [0.25, 0.3) is 0 Å². The highest BCUT2D eigenvalue weighted by Gasteiger charge is 2.43. The summed E-state index contributed by atoms with van der Waals surface area (Å²) in [6, 6.07) is 0. The molecule has 1 N–H and O–H groups in total. The molecule has 20 heavy (non-hydrogen) atoms. The van der Waals surface area contributed by atoms with E-state index in [0.717, 1.165) is 17.9 Å². The predicted molar refractivity (Wildman–Crippen MR) is 78.0 cm³/mol. The molecule has 0 saturated heterocycles. The van der Waals surface area contributed by atoms with Gasteiger partial charge in [-0.15, -0.1) is 11.3 Å². The van der Waals surface area contributed by atoms with Crippen LogP contribution in [-0.4, -0.2) is 19.0 Å². The standard InChI is InChI=1S/C15H19NO3S/c1-8-7-20-13(15(18)19-2)12(8)16-14(17)11-6-9-3-4-10(11)5-9/h7,9-11H,3-6H2,1-2H3,(H,16,17). The minimum absolute atomic E-state index is 0.0730. The Balaban J connectivity index is 1.76. The Morgan fingerprint density at radius 2 is 2.15 bits per heavy atom. The highest BCUT2D eigenvalue weighted by molar-refractivity contribution is 7.12. The molecule has 2 aliphatic carbocycles. The van der Waals surface area contributed by atoms with Gasteiger partial charge in [0.15, 0.2) is 0 Å². The lowest BCUT2D eigenvalue weighted by molar-refractivity contribution is -0.121. The Bertz CT molecular complexity index is 551. The van der Waals surface area contributed by atoms with E-state index in [2.05, 4.69) is 5.32 Å². The molecule has 108 valence electrons. The SMILES string of the molecule is COC(=O)c1scc(C)c1NC(=O)C1CC2CCC1C2. The largest absolute Gasteiger partial charge is 0.465 e. The van der Waals surface area contributed by atoms with Crippen LogP contribution < -0.4 is 5.32 Å². The molecule has 1 heterocycles. The normalized spacial score (nSPS) is 27.6. The number of thiophene rings is 1. The summed E-state index contributed by atoms with van der Waals surface area (Å²) >= 11 is 1.32. The van der Waals surface area contributed by atoms with E-state index in [9.17, 15) is 9.59 Å². The van der Waals surface area contributed by atoms with Crippen molar-refractivity contribution in [3.05, 3.63) is 15.8 Å². The second kappa shape index (κ2) is 5.20. The van der Waals surface area contributed by atoms with Crippen molar-refractivity contribution < 1.29 is 14.3 Å². The van der Waals surface area contributed by atoms with Crippen LogP contribution >= 0.6 is 11.3 Å². The van der Waals surface area contributed by atoms with Crippen molar-refractivity contribution in [2.24, 2.45) is 17.8 Å². The summed E-state index contributed by atoms with van der Waals surface area (Å²) in [6.07, 6.45) is 4.66. The molecule has 0 radical (unpaired) electrons. The van der Waals surface area contributed by atoms with Gasteiger partial charge in [0.2, 0.25) is 5.91 Å². The smallest absolute Gasteiger partial charge is 0.350 e. The van der Waals surface area contributed by atoms with Gasteiger partial charge >= 0.3 is 5.97 Å². The van der Waals surface area contributed by atoms with Crippen molar-refractivity contribution in [1.82, 2.24) is 0 Å². The number of hydrogen-bond acceptors (Lipinski definition) is 4. The molecule has 2 fully saturated rings. The van der Waals surface area contributed by atoms with E-state index in [0.29, 0.717) is 16.5 Å². The van der Waals surface area contributed by atoms with Crippen molar-refractivity contribution in [3.63, 3.8) is 0 Å². The molecule has 2 aliphatic rings. The molecule has 3 unspecified atom stereocenters. The van der Waals surface area contributed by atoms with Crippen LogP contribution in [0.5, 0.6) is 0 Å². The van der Waals surface area contributed by atoms with Crippen LogP contribution in [-0.2, 0) is 9.53 Å². The first kappa shape index (κ1) is 13.6. The van der Waals surface area contributed by atoms with Crippen LogP contribution in [0.3, 0.4) is 0 Å². The zero-order chi connectivity index (χ0) is 14.3. The maximum Gasteiger partial charge on any atom is 0.350 e. The van der Waals surface area contributed by atoms with E-state index in [1.54, 1.807) is 0 Å². The fourth-order valence-electron chi connectivity index (χ4n) is 3.62. The number of anilines is 1. The number of esters is 1. The molecular formula is C15H19NO3S.